The Morgan fingerprint density at radius 2 is 2.11 bits per heavy atom. The fourth-order valence-corrected chi connectivity index (χ4v) is 2.90. The minimum Gasteiger partial charge on any atom is -0.356 e. The molecular formula is C15H26N4. The lowest BCUT2D eigenvalue weighted by Gasteiger charge is -2.37. The fourth-order valence-electron chi connectivity index (χ4n) is 2.90. The van der Waals surface area contributed by atoms with E-state index < -0.39 is 0 Å². The van der Waals surface area contributed by atoms with Gasteiger partial charge >= 0.3 is 0 Å². The van der Waals surface area contributed by atoms with Gasteiger partial charge in [-0.05, 0) is 43.5 Å². The maximum atomic E-state index is 5.66. The van der Waals surface area contributed by atoms with Gasteiger partial charge in [-0.25, -0.2) is 4.98 Å². The van der Waals surface area contributed by atoms with Crippen molar-refractivity contribution in [2.24, 2.45) is 5.73 Å². The van der Waals surface area contributed by atoms with E-state index in [2.05, 4.69) is 41.7 Å². The molecule has 0 amide bonds. The first-order valence-electron chi connectivity index (χ1n) is 7.26. The quantitative estimate of drug-likeness (QED) is 0.898. The smallest absolute Gasteiger partial charge is 0.131 e. The molecule has 1 aliphatic heterocycles. The van der Waals surface area contributed by atoms with Gasteiger partial charge in [-0.3, -0.25) is 0 Å². The van der Waals surface area contributed by atoms with Gasteiger partial charge in [-0.15, -0.1) is 0 Å². The Balaban J connectivity index is 2.05. The third-order valence-electron chi connectivity index (χ3n) is 4.23. The number of nitrogens with zero attached hydrogens (tertiary/aromatic N) is 3. The summed E-state index contributed by atoms with van der Waals surface area (Å²) in [5.74, 6) is 1.10. The Labute approximate surface area is 116 Å². The van der Waals surface area contributed by atoms with E-state index in [1.54, 1.807) is 0 Å². The third-order valence-corrected chi connectivity index (χ3v) is 4.23. The molecule has 0 bridgehead atoms. The number of anilines is 1. The molecule has 0 unspecified atom stereocenters. The van der Waals surface area contributed by atoms with Gasteiger partial charge < -0.3 is 15.5 Å². The van der Waals surface area contributed by atoms with Crippen molar-refractivity contribution in [3.8, 4) is 0 Å². The lowest BCUT2D eigenvalue weighted by atomic mass is 10.0. The van der Waals surface area contributed by atoms with Gasteiger partial charge in [0.25, 0.3) is 0 Å². The average Bonchev–Trinajstić information content (AvgIpc) is 2.46. The Bertz CT molecular complexity index is 411. The van der Waals surface area contributed by atoms with Crippen LogP contribution in [0.4, 0.5) is 5.82 Å². The van der Waals surface area contributed by atoms with Crippen molar-refractivity contribution >= 4 is 5.82 Å². The van der Waals surface area contributed by atoms with Crippen LogP contribution < -0.4 is 10.6 Å². The largest absolute Gasteiger partial charge is 0.356 e. The summed E-state index contributed by atoms with van der Waals surface area (Å²) in [5, 5.41) is 0. The second-order valence-corrected chi connectivity index (χ2v) is 5.46. The maximum absolute atomic E-state index is 5.66. The number of aromatic nitrogens is 1. The standard InChI is InChI=1S/C15H26N4/c1-4-19-7-5-14(6-8-19)18(3)15-12(2)9-13(10-16)11-17-15/h9,11,14H,4-8,10,16H2,1-3H3. The molecule has 4 heteroatoms. The molecule has 0 aromatic carbocycles. The molecule has 106 valence electrons. The predicted octanol–water partition coefficient (Wildman–Crippen LogP) is 1.77. The summed E-state index contributed by atoms with van der Waals surface area (Å²) in [6, 6.07) is 2.76. The van der Waals surface area contributed by atoms with Crippen molar-refractivity contribution in [2.75, 3.05) is 31.6 Å². The maximum Gasteiger partial charge on any atom is 0.131 e. The summed E-state index contributed by atoms with van der Waals surface area (Å²) in [7, 11) is 2.17. The Kier molecular flexibility index (Phi) is 4.77. The molecule has 1 fully saturated rings. The second-order valence-electron chi connectivity index (χ2n) is 5.46. The molecule has 0 radical (unpaired) electrons. The number of hydrogen-bond acceptors (Lipinski definition) is 4. The van der Waals surface area contributed by atoms with Crippen LogP contribution in [0.15, 0.2) is 12.3 Å². The molecule has 4 nitrogen and oxygen atoms in total. The van der Waals surface area contributed by atoms with Crippen LogP contribution in [0.25, 0.3) is 0 Å². The van der Waals surface area contributed by atoms with Crippen molar-refractivity contribution in [3.63, 3.8) is 0 Å². The van der Waals surface area contributed by atoms with Crippen LogP contribution in [0.5, 0.6) is 0 Å². The monoisotopic (exact) mass is 262 g/mol. The molecule has 0 saturated carbocycles. The first-order chi connectivity index (χ1) is 9.15. The van der Waals surface area contributed by atoms with Crippen LogP contribution in [0.2, 0.25) is 0 Å². The molecule has 1 saturated heterocycles. The molecule has 1 aromatic rings. The Morgan fingerprint density at radius 3 is 2.63 bits per heavy atom. The highest BCUT2D eigenvalue weighted by Crippen LogP contribution is 2.23. The summed E-state index contributed by atoms with van der Waals surface area (Å²) in [6.45, 7) is 8.49. The Morgan fingerprint density at radius 1 is 1.42 bits per heavy atom. The van der Waals surface area contributed by atoms with E-state index in [-0.39, 0.29) is 0 Å². The van der Waals surface area contributed by atoms with Crippen LogP contribution in [0.3, 0.4) is 0 Å². The Hall–Kier alpha value is -1.13. The summed E-state index contributed by atoms with van der Waals surface area (Å²) in [5.41, 5.74) is 7.99. The van der Waals surface area contributed by atoms with E-state index in [0.717, 1.165) is 11.4 Å². The molecule has 0 aliphatic carbocycles. The first-order valence-corrected chi connectivity index (χ1v) is 7.26. The van der Waals surface area contributed by atoms with E-state index in [1.165, 1.54) is 38.0 Å². The zero-order valence-corrected chi connectivity index (χ0v) is 12.4. The summed E-state index contributed by atoms with van der Waals surface area (Å²) in [4.78, 5) is 9.46. The van der Waals surface area contributed by atoms with E-state index in [1.807, 2.05) is 6.20 Å². The van der Waals surface area contributed by atoms with Crippen LogP contribution >= 0.6 is 0 Å². The van der Waals surface area contributed by atoms with Crippen molar-refractivity contribution in [3.05, 3.63) is 23.4 Å². The van der Waals surface area contributed by atoms with Crippen LogP contribution in [0, 0.1) is 6.92 Å². The van der Waals surface area contributed by atoms with Gasteiger partial charge in [0.1, 0.15) is 5.82 Å². The molecule has 19 heavy (non-hydrogen) atoms. The van der Waals surface area contributed by atoms with Gasteiger partial charge in [-0.1, -0.05) is 6.92 Å². The minimum absolute atomic E-state index is 0.562. The lowest BCUT2D eigenvalue weighted by molar-refractivity contribution is 0.220. The molecule has 0 spiro atoms. The topological polar surface area (TPSA) is 45.4 Å². The van der Waals surface area contributed by atoms with E-state index in [0.29, 0.717) is 12.6 Å². The fraction of sp³-hybridized carbons (Fsp3) is 0.667. The highest BCUT2D eigenvalue weighted by molar-refractivity contribution is 5.47. The second kappa shape index (κ2) is 6.35. The summed E-state index contributed by atoms with van der Waals surface area (Å²) >= 11 is 0. The summed E-state index contributed by atoms with van der Waals surface area (Å²) < 4.78 is 0. The first kappa shape index (κ1) is 14.3. The molecular weight excluding hydrogens is 236 g/mol. The SMILES string of the molecule is CCN1CCC(N(C)c2ncc(CN)cc2C)CC1. The molecule has 2 rings (SSSR count). The number of nitrogens with two attached hydrogens (primary N) is 1. The summed E-state index contributed by atoms with van der Waals surface area (Å²) in [6.07, 6.45) is 4.36. The molecule has 0 atom stereocenters. The van der Waals surface area contributed by atoms with Gasteiger partial charge in [0.15, 0.2) is 0 Å². The van der Waals surface area contributed by atoms with Crippen LogP contribution in [-0.4, -0.2) is 42.6 Å². The van der Waals surface area contributed by atoms with Crippen molar-refractivity contribution in [1.29, 1.82) is 0 Å². The van der Waals surface area contributed by atoms with Crippen LogP contribution in [0.1, 0.15) is 30.9 Å². The zero-order valence-electron chi connectivity index (χ0n) is 12.4. The number of aryl methyl sites for hydroxylation is 1. The third kappa shape index (κ3) is 3.25. The minimum atomic E-state index is 0.562. The zero-order chi connectivity index (χ0) is 13.8. The average molecular weight is 262 g/mol. The van der Waals surface area contributed by atoms with Gasteiger partial charge in [0.2, 0.25) is 0 Å². The normalized spacial score (nSPS) is 17.7. The van der Waals surface area contributed by atoms with Gasteiger partial charge in [0.05, 0.1) is 0 Å². The lowest BCUT2D eigenvalue weighted by Crippen LogP contribution is -2.43. The number of hydrogen-bond donors (Lipinski definition) is 1. The van der Waals surface area contributed by atoms with Crippen LogP contribution in [-0.2, 0) is 6.54 Å². The van der Waals surface area contributed by atoms with E-state index >= 15 is 0 Å². The molecule has 1 aromatic heterocycles. The number of rotatable bonds is 4. The highest BCUT2D eigenvalue weighted by atomic mass is 15.2. The van der Waals surface area contributed by atoms with Gasteiger partial charge in [-0.2, -0.15) is 0 Å². The van der Waals surface area contributed by atoms with Crippen molar-refractivity contribution in [2.45, 2.75) is 39.3 Å². The van der Waals surface area contributed by atoms with Crippen molar-refractivity contribution < 1.29 is 0 Å². The van der Waals surface area contributed by atoms with Crippen molar-refractivity contribution in [1.82, 2.24) is 9.88 Å². The highest BCUT2D eigenvalue weighted by Gasteiger charge is 2.23. The number of pyridine rings is 1. The van der Waals surface area contributed by atoms with E-state index in [4.69, 9.17) is 5.73 Å². The van der Waals surface area contributed by atoms with E-state index in [9.17, 15) is 0 Å². The number of piperidine rings is 1. The molecule has 2 heterocycles. The molecule has 2 N–H and O–H groups in total. The van der Waals surface area contributed by atoms with Gasteiger partial charge in [0, 0.05) is 38.9 Å². The predicted molar refractivity (Wildman–Crippen MR) is 80.4 cm³/mol. The number of likely N-dealkylation sites (tertiary alicyclic amines) is 1. The molecule has 1 aliphatic rings.